The standard InChI is InChI=1S/C17H20O2S/c1-12-7-8-13(17(2,3)4)15(10-12)19-11-14(18)16-6-5-9-20-16/h5-10H,11H2,1-4H3. The van der Waals surface area contributed by atoms with Crippen molar-refractivity contribution in [1.29, 1.82) is 0 Å². The van der Waals surface area contributed by atoms with Crippen molar-refractivity contribution in [3.63, 3.8) is 0 Å². The molecule has 0 spiro atoms. The van der Waals surface area contributed by atoms with E-state index in [9.17, 15) is 4.79 Å². The fraction of sp³-hybridized carbons (Fsp3) is 0.353. The van der Waals surface area contributed by atoms with E-state index in [0.717, 1.165) is 21.8 Å². The van der Waals surface area contributed by atoms with Crippen LogP contribution in [0.25, 0.3) is 0 Å². The summed E-state index contributed by atoms with van der Waals surface area (Å²) in [7, 11) is 0. The average molecular weight is 288 g/mol. The van der Waals surface area contributed by atoms with Crippen molar-refractivity contribution in [2.24, 2.45) is 0 Å². The van der Waals surface area contributed by atoms with E-state index in [2.05, 4.69) is 32.9 Å². The molecule has 2 rings (SSSR count). The molecule has 0 aliphatic rings. The first-order valence-corrected chi connectivity index (χ1v) is 7.56. The number of thiophene rings is 1. The number of carbonyl (C=O) groups is 1. The number of hydrogen-bond acceptors (Lipinski definition) is 3. The molecule has 0 N–H and O–H groups in total. The quantitative estimate of drug-likeness (QED) is 0.768. The Bertz CT molecular complexity index is 592. The predicted molar refractivity (Wildman–Crippen MR) is 84.0 cm³/mol. The van der Waals surface area contributed by atoms with E-state index in [4.69, 9.17) is 4.74 Å². The number of hydrogen-bond donors (Lipinski definition) is 0. The fourth-order valence-electron chi connectivity index (χ4n) is 2.02. The van der Waals surface area contributed by atoms with Gasteiger partial charge < -0.3 is 4.74 Å². The van der Waals surface area contributed by atoms with Gasteiger partial charge in [-0.05, 0) is 41.0 Å². The Morgan fingerprint density at radius 1 is 1.25 bits per heavy atom. The summed E-state index contributed by atoms with van der Waals surface area (Å²) < 4.78 is 5.79. The highest BCUT2D eigenvalue weighted by atomic mass is 32.1. The van der Waals surface area contributed by atoms with Gasteiger partial charge in [0.1, 0.15) is 5.75 Å². The lowest BCUT2D eigenvalue weighted by Crippen LogP contribution is -2.16. The molecule has 106 valence electrons. The summed E-state index contributed by atoms with van der Waals surface area (Å²) in [5.74, 6) is 0.837. The zero-order valence-corrected chi connectivity index (χ0v) is 13.2. The largest absolute Gasteiger partial charge is 0.485 e. The monoisotopic (exact) mass is 288 g/mol. The summed E-state index contributed by atoms with van der Waals surface area (Å²) >= 11 is 1.45. The molecule has 2 nitrogen and oxygen atoms in total. The van der Waals surface area contributed by atoms with Gasteiger partial charge >= 0.3 is 0 Å². The number of carbonyl (C=O) groups excluding carboxylic acids is 1. The lowest BCUT2D eigenvalue weighted by molar-refractivity contribution is 0.0924. The van der Waals surface area contributed by atoms with Gasteiger partial charge in [-0.1, -0.05) is 39.0 Å². The van der Waals surface area contributed by atoms with Crippen molar-refractivity contribution in [3.8, 4) is 5.75 Å². The maximum absolute atomic E-state index is 12.0. The molecule has 2 aromatic rings. The summed E-state index contributed by atoms with van der Waals surface area (Å²) in [6.07, 6.45) is 0. The van der Waals surface area contributed by atoms with Crippen LogP contribution in [-0.2, 0) is 5.41 Å². The molecule has 0 bridgehead atoms. The minimum absolute atomic E-state index is 0.00495. The van der Waals surface area contributed by atoms with Crippen molar-refractivity contribution in [2.75, 3.05) is 6.61 Å². The van der Waals surface area contributed by atoms with Crippen molar-refractivity contribution in [1.82, 2.24) is 0 Å². The van der Waals surface area contributed by atoms with Crippen LogP contribution in [0.1, 0.15) is 41.6 Å². The van der Waals surface area contributed by atoms with Crippen molar-refractivity contribution in [3.05, 3.63) is 51.7 Å². The molecule has 0 saturated heterocycles. The Kier molecular flexibility index (Phi) is 4.29. The molecule has 1 aromatic heterocycles. The lowest BCUT2D eigenvalue weighted by Gasteiger charge is -2.23. The van der Waals surface area contributed by atoms with Gasteiger partial charge in [0.05, 0.1) is 4.88 Å². The maximum atomic E-state index is 12.0. The Hall–Kier alpha value is -1.61. The molecule has 3 heteroatoms. The SMILES string of the molecule is Cc1ccc(C(C)(C)C)c(OCC(=O)c2cccs2)c1. The highest BCUT2D eigenvalue weighted by Crippen LogP contribution is 2.32. The van der Waals surface area contributed by atoms with E-state index in [-0.39, 0.29) is 17.8 Å². The van der Waals surface area contributed by atoms with Crippen LogP contribution in [0.4, 0.5) is 0 Å². The number of benzene rings is 1. The number of ether oxygens (including phenoxy) is 1. The molecule has 0 fully saturated rings. The van der Waals surface area contributed by atoms with Crippen LogP contribution in [0.15, 0.2) is 35.7 Å². The Labute approximate surface area is 124 Å². The predicted octanol–water partition coefficient (Wildman–Crippen LogP) is 4.62. The zero-order chi connectivity index (χ0) is 14.8. The summed E-state index contributed by atoms with van der Waals surface area (Å²) in [6, 6.07) is 9.87. The molecule has 0 amide bonds. The summed E-state index contributed by atoms with van der Waals surface area (Å²) in [5.41, 5.74) is 2.26. The highest BCUT2D eigenvalue weighted by molar-refractivity contribution is 7.12. The molecule has 0 saturated carbocycles. The van der Waals surface area contributed by atoms with Gasteiger partial charge in [-0.2, -0.15) is 0 Å². The summed E-state index contributed by atoms with van der Waals surface area (Å²) in [4.78, 5) is 12.8. The van der Waals surface area contributed by atoms with Crippen LogP contribution in [0.3, 0.4) is 0 Å². The van der Waals surface area contributed by atoms with Crippen LogP contribution in [0.5, 0.6) is 5.75 Å². The number of rotatable bonds is 4. The van der Waals surface area contributed by atoms with E-state index >= 15 is 0 Å². The van der Waals surface area contributed by atoms with Crippen molar-refractivity contribution >= 4 is 17.1 Å². The Morgan fingerprint density at radius 2 is 2.00 bits per heavy atom. The smallest absolute Gasteiger partial charge is 0.210 e. The van der Waals surface area contributed by atoms with Crippen LogP contribution in [0.2, 0.25) is 0 Å². The maximum Gasteiger partial charge on any atom is 0.210 e. The van der Waals surface area contributed by atoms with Gasteiger partial charge in [-0.25, -0.2) is 0 Å². The normalized spacial score (nSPS) is 11.4. The van der Waals surface area contributed by atoms with E-state index in [1.54, 1.807) is 0 Å². The van der Waals surface area contributed by atoms with Gasteiger partial charge in [0, 0.05) is 0 Å². The van der Waals surface area contributed by atoms with Crippen LogP contribution in [0, 0.1) is 6.92 Å². The first-order chi connectivity index (χ1) is 9.38. The van der Waals surface area contributed by atoms with Crippen molar-refractivity contribution in [2.45, 2.75) is 33.1 Å². The van der Waals surface area contributed by atoms with Crippen LogP contribution >= 0.6 is 11.3 Å². The van der Waals surface area contributed by atoms with E-state index < -0.39 is 0 Å². The lowest BCUT2D eigenvalue weighted by atomic mass is 9.86. The van der Waals surface area contributed by atoms with E-state index in [1.807, 2.05) is 30.5 Å². The highest BCUT2D eigenvalue weighted by Gasteiger charge is 2.19. The minimum Gasteiger partial charge on any atom is -0.485 e. The van der Waals surface area contributed by atoms with E-state index in [1.165, 1.54) is 11.3 Å². The fourth-order valence-corrected chi connectivity index (χ4v) is 2.67. The molecule has 0 aliphatic carbocycles. The van der Waals surface area contributed by atoms with E-state index in [0.29, 0.717) is 0 Å². The van der Waals surface area contributed by atoms with Crippen molar-refractivity contribution < 1.29 is 9.53 Å². The second kappa shape index (κ2) is 5.80. The van der Waals surface area contributed by atoms with Gasteiger partial charge in [0.25, 0.3) is 0 Å². The zero-order valence-electron chi connectivity index (χ0n) is 12.4. The number of Topliss-reactive ketones (excluding diaryl/α,β-unsaturated/α-hetero) is 1. The average Bonchev–Trinajstić information content (AvgIpc) is 2.88. The minimum atomic E-state index is -0.00495. The molecule has 20 heavy (non-hydrogen) atoms. The Balaban J connectivity index is 2.17. The van der Waals surface area contributed by atoms with Gasteiger partial charge in [-0.15, -0.1) is 11.3 Å². The summed E-state index contributed by atoms with van der Waals surface area (Å²) in [5, 5.41) is 1.90. The molecule has 1 aromatic carbocycles. The molecule has 0 aliphatic heterocycles. The van der Waals surface area contributed by atoms with Crippen LogP contribution in [-0.4, -0.2) is 12.4 Å². The molecule has 0 atom stereocenters. The second-order valence-electron chi connectivity index (χ2n) is 5.94. The first kappa shape index (κ1) is 14.8. The molecular weight excluding hydrogens is 268 g/mol. The third kappa shape index (κ3) is 3.48. The molecule has 1 heterocycles. The third-order valence-electron chi connectivity index (χ3n) is 3.10. The van der Waals surface area contributed by atoms with Gasteiger partial charge in [0.15, 0.2) is 6.61 Å². The first-order valence-electron chi connectivity index (χ1n) is 6.68. The van der Waals surface area contributed by atoms with Gasteiger partial charge in [-0.3, -0.25) is 4.79 Å². The number of ketones is 1. The molecule has 0 unspecified atom stereocenters. The molecule has 0 radical (unpaired) electrons. The second-order valence-corrected chi connectivity index (χ2v) is 6.89. The Morgan fingerprint density at radius 3 is 2.60 bits per heavy atom. The topological polar surface area (TPSA) is 26.3 Å². The molecular formula is C17H20O2S. The third-order valence-corrected chi connectivity index (χ3v) is 4.01. The van der Waals surface area contributed by atoms with Crippen LogP contribution < -0.4 is 4.74 Å². The number of aryl methyl sites for hydroxylation is 1. The van der Waals surface area contributed by atoms with Gasteiger partial charge in [0.2, 0.25) is 5.78 Å². The summed E-state index contributed by atoms with van der Waals surface area (Å²) in [6.45, 7) is 8.55.